The summed E-state index contributed by atoms with van der Waals surface area (Å²) in [6, 6.07) is 8.80. The van der Waals surface area contributed by atoms with Crippen LogP contribution in [0.5, 0.6) is 5.75 Å². The van der Waals surface area contributed by atoms with Crippen molar-refractivity contribution in [3.05, 3.63) is 53.9 Å². The van der Waals surface area contributed by atoms with Gasteiger partial charge < -0.3 is 15.0 Å². The summed E-state index contributed by atoms with van der Waals surface area (Å²) in [5.74, 6) is 0.948. The molecule has 3 aliphatic rings. The van der Waals surface area contributed by atoms with E-state index >= 15 is 0 Å². The lowest BCUT2D eigenvalue weighted by atomic mass is 9.85. The zero-order valence-electron chi connectivity index (χ0n) is 20.1. The molecule has 0 atom stereocenters. The molecule has 34 heavy (non-hydrogen) atoms. The predicted octanol–water partition coefficient (Wildman–Crippen LogP) is 4.21. The van der Waals surface area contributed by atoms with E-state index in [1.807, 2.05) is 24.8 Å². The number of carbonyl (C=O) groups is 2. The third kappa shape index (κ3) is 4.53. The van der Waals surface area contributed by atoms with Gasteiger partial charge in [-0.3, -0.25) is 19.5 Å². The molecule has 180 valence electrons. The number of rotatable bonds is 5. The number of hydrogen-bond acceptors (Lipinski definition) is 5. The number of para-hydroxylation sites is 1. The summed E-state index contributed by atoms with van der Waals surface area (Å²) in [4.78, 5) is 34.8. The molecule has 2 amide bonds. The van der Waals surface area contributed by atoms with Gasteiger partial charge in [-0.25, -0.2) is 0 Å². The maximum absolute atomic E-state index is 13.5. The number of carbonyl (C=O) groups excluding carboxylic acids is 2. The van der Waals surface area contributed by atoms with Crippen molar-refractivity contribution >= 4 is 17.5 Å². The zero-order valence-corrected chi connectivity index (χ0v) is 20.1. The van der Waals surface area contributed by atoms with Crippen molar-refractivity contribution in [3.8, 4) is 5.75 Å². The van der Waals surface area contributed by atoms with Gasteiger partial charge in [0.2, 0.25) is 0 Å². The van der Waals surface area contributed by atoms with Crippen LogP contribution in [-0.4, -0.2) is 64.4 Å². The van der Waals surface area contributed by atoms with E-state index in [4.69, 9.17) is 4.74 Å². The summed E-state index contributed by atoms with van der Waals surface area (Å²) >= 11 is 0. The van der Waals surface area contributed by atoms with E-state index < -0.39 is 5.60 Å². The van der Waals surface area contributed by atoms with Gasteiger partial charge in [-0.2, -0.15) is 0 Å². The second-order valence-corrected chi connectivity index (χ2v) is 10.4. The van der Waals surface area contributed by atoms with E-state index in [1.54, 1.807) is 36.7 Å². The van der Waals surface area contributed by atoms with Gasteiger partial charge in [-0.15, -0.1) is 0 Å². The van der Waals surface area contributed by atoms with Crippen LogP contribution in [0.25, 0.3) is 0 Å². The summed E-state index contributed by atoms with van der Waals surface area (Å²) < 4.78 is 6.69. The van der Waals surface area contributed by atoms with Crippen LogP contribution in [-0.2, 0) is 0 Å². The monoisotopic (exact) mass is 462 g/mol. The van der Waals surface area contributed by atoms with Crippen molar-refractivity contribution in [1.29, 1.82) is 0 Å². The lowest BCUT2D eigenvalue weighted by Gasteiger charge is -2.51. The van der Waals surface area contributed by atoms with Crippen LogP contribution in [0.2, 0.25) is 0 Å². The summed E-state index contributed by atoms with van der Waals surface area (Å²) in [6.45, 7) is 7.34. The minimum absolute atomic E-state index is 0.0485. The second-order valence-electron chi connectivity index (χ2n) is 10.4. The molecule has 5 rings (SSSR count). The first-order valence-corrected chi connectivity index (χ1v) is 12.5. The van der Waals surface area contributed by atoms with Crippen LogP contribution in [0.15, 0.2) is 42.7 Å². The summed E-state index contributed by atoms with van der Waals surface area (Å²) in [5, 5.41) is 2.97. The summed E-state index contributed by atoms with van der Waals surface area (Å²) in [6.07, 6.45) is 9.84. The smallest absolute Gasteiger partial charge is 0.258 e. The van der Waals surface area contributed by atoms with Gasteiger partial charge in [-0.1, -0.05) is 25.3 Å². The highest BCUT2D eigenvalue weighted by Crippen LogP contribution is 2.41. The molecule has 0 radical (unpaired) electrons. The number of nitrogens with one attached hydrogen (secondary N) is 1. The Morgan fingerprint density at radius 1 is 1.12 bits per heavy atom. The highest BCUT2D eigenvalue weighted by atomic mass is 16.5. The molecule has 1 saturated heterocycles. The average Bonchev–Trinajstić information content (AvgIpc) is 2.96. The number of pyridine rings is 1. The van der Waals surface area contributed by atoms with E-state index in [1.165, 1.54) is 32.1 Å². The van der Waals surface area contributed by atoms with Crippen LogP contribution < -0.4 is 10.1 Å². The molecule has 1 N–H and O–H groups in total. The maximum atomic E-state index is 13.5. The average molecular weight is 463 g/mol. The summed E-state index contributed by atoms with van der Waals surface area (Å²) in [7, 11) is 0. The van der Waals surface area contributed by atoms with Gasteiger partial charge in [0, 0.05) is 43.6 Å². The van der Waals surface area contributed by atoms with Gasteiger partial charge in [0.05, 0.1) is 17.8 Å². The fraction of sp³-hybridized carbons (Fsp3) is 0.519. The highest BCUT2D eigenvalue weighted by Gasteiger charge is 2.50. The van der Waals surface area contributed by atoms with Gasteiger partial charge in [0.15, 0.2) is 11.4 Å². The molecule has 2 aromatic rings. The third-order valence-corrected chi connectivity index (χ3v) is 7.36. The topological polar surface area (TPSA) is 74.8 Å². The standard InChI is InChI=1S/C27H34N4O3/c1-19(2)31-18-27(16-30(17-27)15-20-7-4-3-5-8-20)34-24-22(26(31)33)9-6-10-23(24)29-25(32)21-11-13-28-14-12-21/h6,9-14,19-20H,3-5,7-8,15-18H2,1-2H3,(H,29,32). The van der Waals surface area contributed by atoms with E-state index in [0.717, 1.165) is 25.6 Å². The molecule has 1 saturated carbocycles. The number of nitrogens with zero attached hydrogens (tertiary/aromatic N) is 3. The van der Waals surface area contributed by atoms with Crippen molar-refractivity contribution in [2.45, 2.75) is 57.6 Å². The number of anilines is 1. The minimum atomic E-state index is -0.461. The lowest BCUT2D eigenvalue weighted by Crippen LogP contribution is -2.69. The molecule has 0 unspecified atom stereocenters. The fourth-order valence-corrected chi connectivity index (χ4v) is 5.61. The van der Waals surface area contributed by atoms with Crippen molar-refractivity contribution in [1.82, 2.24) is 14.8 Å². The highest BCUT2D eigenvalue weighted by molar-refractivity contribution is 6.07. The van der Waals surface area contributed by atoms with Crippen LogP contribution >= 0.6 is 0 Å². The largest absolute Gasteiger partial charge is 0.480 e. The molecule has 2 aliphatic heterocycles. The van der Waals surface area contributed by atoms with E-state index in [0.29, 0.717) is 29.1 Å². The number of ether oxygens (including phenoxy) is 1. The normalized spacial score (nSPS) is 20.4. The zero-order chi connectivity index (χ0) is 23.7. The van der Waals surface area contributed by atoms with Crippen molar-refractivity contribution in [2.75, 3.05) is 31.5 Å². The Morgan fingerprint density at radius 2 is 1.85 bits per heavy atom. The Kier molecular flexibility index (Phi) is 6.30. The van der Waals surface area contributed by atoms with E-state index in [-0.39, 0.29) is 17.9 Å². The summed E-state index contributed by atoms with van der Waals surface area (Å²) in [5.41, 5.74) is 1.08. The lowest BCUT2D eigenvalue weighted by molar-refractivity contribution is -0.0947. The molecular weight excluding hydrogens is 428 g/mol. The van der Waals surface area contributed by atoms with Crippen molar-refractivity contribution in [2.24, 2.45) is 5.92 Å². The van der Waals surface area contributed by atoms with Gasteiger partial charge in [0.25, 0.3) is 11.8 Å². The number of fused-ring (bicyclic) bond motifs is 1. The molecule has 7 heteroatoms. The van der Waals surface area contributed by atoms with Crippen LogP contribution in [0.3, 0.4) is 0 Å². The van der Waals surface area contributed by atoms with Crippen molar-refractivity contribution < 1.29 is 14.3 Å². The first-order valence-electron chi connectivity index (χ1n) is 12.5. The molecule has 1 aromatic carbocycles. The van der Waals surface area contributed by atoms with Crippen LogP contribution in [0, 0.1) is 5.92 Å². The Balaban J connectivity index is 1.40. The third-order valence-electron chi connectivity index (χ3n) is 7.36. The van der Waals surface area contributed by atoms with E-state index in [9.17, 15) is 9.59 Å². The Bertz CT molecular complexity index is 1040. The Hall–Kier alpha value is -2.93. The second kappa shape index (κ2) is 9.37. The molecular formula is C27H34N4O3. The predicted molar refractivity (Wildman–Crippen MR) is 131 cm³/mol. The first kappa shape index (κ1) is 22.8. The molecule has 0 bridgehead atoms. The number of amides is 2. The molecule has 1 aromatic heterocycles. The van der Waals surface area contributed by atoms with Gasteiger partial charge in [-0.05, 0) is 56.9 Å². The molecule has 1 aliphatic carbocycles. The molecule has 7 nitrogen and oxygen atoms in total. The first-order chi connectivity index (χ1) is 16.4. The quantitative estimate of drug-likeness (QED) is 0.720. The molecule has 3 heterocycles. The van der Waals surface area contributed by atoms with E-state index in [2.05, 4.69) is 15.2 Å². The Labute approximate surface area is 201 Å². The maximum Gasteiger partial charge on any atom is 0.258 e. The fourth-order valence-electron chi connectivity index (χ4n) is 5.61. The number of likely N-dealkylation sites (tertiary alicyclic amines) is 1. The SMILES string of the molecule is CC(C)N1CC2(CN(CC3CCCCC3)C2)Oc2c(NC(=O)c3ccncc3)cccc2C1=O. The van der Waals surface area contributed by atoms with Gasteiger partial charge >= 0.3 is 0 Å². The number of hydrogen-bond donors (Lipinski definition) is 1. The molecule has 1 spiro atoms. The van der Waals surface area contributed by atoms with Crippen LogP contribution in [0.4, 0.5) is 5.69 Å². The molecule has 2 fully saturated rings. The van der Waals surface area contributed by atoms with Crippen LogP contribution in [0.1, 0.15) is 66.7 Å². The Morgan fingerprint density at radius 3 is 2.56 bits per heavy atom. The number of aromatic nitrogens is 1. The number of benzene rings is 1. The van der Waals surface area contributed by atoms with Crippen molar-refractivity contribution in [3.63, 3.8) is 0 Å². The van der Waals surface area contributed by atoms with Gasteiger partial charge in [0.1, 0.15) is 0 Å². The minimum Gasteiger partial charge on any atom is -0.480 e.